The molecular weight excluding hydrogens is 201 g/mol. The van der Waals surface area contributed by atoms with Crippen LogP contribution in [0.2, 0.25) is 10.3 Å². The third kappa shape index (κ3) is 1.84. The third-order valence-corrected chi connectivity index (χ3v) is 1.84. The maximum Gasteiger partial charge on any atom is 0.222 e. The number of aromatic nitrogens is 2. The van der Waals surface area contributed by atoms with Gasteiger partial charge in [0.1, 0.15) is 16.6 Å². The van der Waals surface area contributed by atoms with Gasteiger partial charge in [0.05, 0.1) is 0 Å². The highest BCUT2D eigenvalue weighted by Crippen LogP contribution is 2.21. The van der Waals surface area contributed by atoms with Crippen LogP contribution < -0.4 is 5.73 Å². The fourth-order valence-corrected chi connectivity index (χ4v) is 1.25. The molecule has 0 fully saturated rings. The zero-order chi connectivity index (χ0) is 9.14. The van der Waals surface area contributed by atoms with E-state index in [9.17, 15) is 4.79 Å². The first kappa shape index (κ1) is 9.22. The van der Waals surface area contributed by atoms with Crippen LogP contribution in [0.5, 0.6) is 0 Å². The summed E-state index contributed by atoms with van der Waals surface area (Å²) in [7, 11) is 0. The Bertz CT molecular complexity index is 293. The van der Waals surface area contributed by atoms with Crippen molar-refractivity contribution in [1.82, 2.24) is 9.97 Å². The summed E-state index contributed by atoms with van der Waals surface area (Å²) < 4.78 is 0. The molecule has 1 aromatic heterocycles. The number of nitrogens with two attached hydrogens (primary N) is 1. The highest BCUT2D eigenvalue weighted by atomic mass is 35.5. The van der Waals surface area contributed by atoms with Crippen molar-refractivity contribution in [2.75, 3.05) is 5.73 Å². The summed E-state index contributed by atoms with van der Waals surface area (Å²) in [6, 6.07) is 0. The minimum atomic E-state index is -0.000325. The van der Waals surface area contributed by atoms with Crippen LogP contribution in [0.15, 0.2) is 0 Å². The van der Waals surface area contributed by atoms with Crippen molar-refractivity contribution in [2.45, 2.75) is 6.42 Å². The highest BCUT2D eigenvalue weighted by molar-refractivity contribution is 6.34. The van der Waals surface area contributed by atoms with Gasteiger partial charge in [0.15, 0.2) is 0 Å². The van der Waals surface area contributed by atoms with E-state index in [4.69, 9.17) is 28.9 Å². The number of nitrogens with zero attached hydrogens (tertiary/aromatic N) is 2. The number of hydrogen-bond acceptors (Lipinski definition) is 4. The molecule has 2 N–H and O–H groups in total. The van der Waals surface area contributed by atoms with Gasteiger partial charge in [-0.05, 0) is 0 Å². The SMILES string of the molecule is Nc1nc(Cl)c(CC=O)c(Cl)n1. The largest absolute Gasteiger partial charge is 0.368 e. The molecule has 0 aromatic carbocycles. The molecule has 64 valence electrons. The Morgan fingerprint density at radius 2 is 1.83 bits per heavy atom. The van der Waals surface area contributed by atoms with Crippen molar-refractivity contribution < 1.29 is 4.79 Å². The molecule has 0 saturated carbocycles. The van der Waals surface area contributed by atoms with Crippen molar-refractivity contribution in [2.24, 2.45) is 0 Å². The van der Waals surface area contributed by atoms with E-state index in [2.05, 4.69) is 9.97 Å². The lowest BCUT2D eigenvalue weighted by molar-refractivity contribution is -0.107. The average Bonchev–Trinajstić information content (AvgIpc) is 1.96. The molecule has 0 unspecified atom stereocenters. The number of hydrogen-bond donors (Lipinski definition) is 1. The molecule has 0 saturated heterocycles. The summed E-state index contributed by atoms with van der Waals surface area (Å²) in [5.41, 5.74) is 5.65. The molecule has 0 spiro atoms. The standard InChI is InChI=1S/C6H5Cl2N3O/c7-4-3(1-2-12)5(8)11-6(9)10-4/h2H,1H2,(H2,9,10,11). The summed E-state index contributed by atoms with van der Waals surface area (Å²) in [5.74, 6) is -0.000325. The van der Waals surface area contributed by atoms with E-state index in [1.165, 1.54) is 0 Å². The fraction of sp³-hybridized carbons (Fsp3) is 0.167. The van der Waals surface area contributed by atoms with Gasteiger partial charge >= 0.3 is 0 Å². The predicted octanol–water partition coefficient (Wildman–Crippen LogP) is 1.11. The van der Waals surface area contributed by atoms with E-state index in [0.29, 0.717) is 11.8 Å². The van der Waals surface area contributed by atoms with Crippen molar-refractivity contribution in [3.05, 3.63) is 15.9 Å². The summed E-state index contributed by atoms with van der Waals surface area (Å²) in [5, 5.41) is 0.249. The Hall–Kier alpha value is -0.870. The predicted molar refractivity (Wildman–Crippen MR) is 46.2 cm³/mol. The maximum atomic E-state index is 10.2. The average molecular weight is 206 g/mol. The Balaban J connectivity index is 3.18. The normalized spacial score (nSPS) is 9.83. The zero-order valence-electron chi connectivity index (χ0n) is 5.92. The van der Waals surface area contributed by atoms with E-state index in [0.717, 1.165) is 0 Å². The summed E-state index contributed by atoms with van der Waals surface area (Å²) in [6.45, 7) is 0. The van der Waals surface area contributed by atoms with Crippen LogP contribution in [-0.4, -0.2) is 16.3 Å². The molecule has 4 nitrogen and oxygen atoms in total. The van der Waals surface area contributed by atoms with Gasteiger partial charge < -0.3 is 10.5 Å². The van der Waals surface area contributed by atoms with Gasteiger partial charge in [0, 0.05) is 12.0 Å². The molecule has 0 amide bonds. The van der Waals surface area contributed by atoms with Crippen LogP contribution in [0.25, 0.3) is 0 Å². The number of carbonyl (C=O) groups is 1. The van der Waals surface area contributed by atoms with Crippen LogP contribution in [0, 0.1) is 0 Å². The molecular formula is C6H5Cl2N3O. The lowest BCUT2D eigenvalue weighted by Crippen LogP contribution is -2.00. The molecule has 0 atom stereocenters. The van der Waals surface area contributed by atoms with Crippen LogP contribution >= 0.6 is 23.2 Å². The topological polar surface area (TPSA) is 68.9 Å². The summed E-state index contributed by atoms with van der Waals surface area (Å²) in [4.78, 5) is 17.4. The monoisotopic (exact) mass is 205 g/mol. The van der Waals surface area contributed by atoms with E-state index in [-0.39, 0.29) is 22.7 Å². The maximum absolute atomic E-state index is 10.2. The second-order valence-corrected chi connectivity index (χ2v) is 2.73. The molecule has 12 heavy (non-hydrogen) atoms. The van der Waals surface area contributed by atoms with Crippen molar-refractivity contribution in [3.63, 3.8) is 0 Å². The first-order valence-corrected chi connectivity index (χ1v) is 3.81. The molecule has 1 aromatic rings. The van der Waals surface area contributed by atoms with Gasteiger partial charge in [-0.2, -0.15) is 0 Å². The summed E-state index contributed by atoms with van der Waals surface area (Å²) in [6.07, 6.45) is 0.768. The zero-order valence-corrected chi connectivity index (χ0v) is 7.43. The molecule has 0 radical (unpaired) electrons. The molecule has 1 heterocycles. The van der Waals surface area contributed by atoms with Gasteiger partial charge in [-0.1, -0.05) is 23.2 Å². The van der Waals surface area contributed by atoms with Crippen LogP contribution in [0.1, 0.15) is 5.56 Å². The van der Waals surface area contributed by atoms with Gasteiger partial charge in [0.2, 0.25) is 5.95 Å². The van der Waals surface area contributed by atoms with Crippen LogP contribution in [0.3, 0.4) is 0 Å². The number of nitrogen functional groups attached to an aromatic ring is 1. The Morgan fingerprint density at radius 1 is 1.33 bits per heavy atom. The fourth-order valence-electron chi connectivity index (χ4n) is 0.698. The molecule has 0 aliphatic carbocycles. The molecule has 6 heteroatoms. The number of halogens is 2. The van der Waals surface area contributed by atoms with E-state index < -0.39 is 0 Å². The van der Waals surface area contributed by atoms with E-state index in [1.54, 1.807) is 0 Å². The van der Waals surface area contributed by atoms with E-state index in [1.807, 2.05) is 0 Å². The van der Waals surface area contributed by atoms with Crippen LogP contribution in [0.4, 0.5) is 5.95 Å². The lowest BCUT2D eigenvalue weighted by Gasteiger charge is -2.01. The van der Waals surface area contributed by atoms with Gasteiger partial charge in [-0.25, -0.2) is 9.97 Å². The minimum Gasteiger partial charge on any atom is -0.368 e. The number of anilines is 1. The Kier molecular flexibility index (Phi) is 2.83. The number of carbonyl (C=O) groups excluding carboxylic acids is 1. The van der Waals surface area contributed by atoms with Gasteiger partial charge in [-0.15, -0.1) is 0 Å². The smallest absolute Gasteiger partial charge is 0.222 e. The Morgan fingerprint density at radius 3 is 2.25 bits per heavy atom. The molecule has 0 aliphatic rings. The van der Waals surface area contributed by atoms with E-state index >= 15 is 0 Å². The summed E-state index contributed by atoms with van der Waals surface area (Å²) >= 11 is 11.3. The first-order valence-electron chi connectivity index (χ1n) is 3.06. The second-order valence-electron chi connectivity index (χ2n) is 2.01. The molecule has 1 rings (SSSR count). The van der Waals surface area contributed by atoms with Crippen molar-refractivity contribution >= 4 is 35.4 Å². The number of rotatable bonds is 2. The molecule has 0 aliphatic heterocycles. The third-order valence-electron chi connectivity index (χ3n) is 1.21. The molecule has 0 bridgehead atoms. The van der Waals surface area contributed by atoms with Crippen molar-refractivity contribution in [1.29, 1.82) is 0 Å². The second kappa shape index (κ2) is 3.69. The lowest BCUT2D eigenvalue weighted by atomic mass is 10.3. The first-order chi connectivity index (χ1) is 5.65. The van der Waals surface area contributed by atoms with Gasteiger partial charge in [-0.3, -0.25) is 0 Å². The quantitative estimate of drug-likeness (QED) is 0.581. The number of aldehydes is 1. The minimum absolute atomic E-state index is 0.000325. The van der Waals surface area contributed by atoms with Crippen LogP contribution in [-0.2, 0) is 11.2 Å². The highest BCUT2D eigenvalue weighted by Gasteiger charge is 2.08. The van der Waals surface area contributed by atoms with Crippen molar-refractivity contribution in [3.8, 4) is 0 Å². The Labute approximate surface area is 78.7 Å². The van der Waals surface area contributed by atoms with Gasteiger partial charge in [0.25, 0.3) is 0 Å².